The summed E-state index contributed by atoms with van der Waals surface area (Å²) in [7, 11) is 1.77. The van der Waals surface area contributed by atoms with Crippen LogP contribution >= 0.6 is 0 Å². The van der Waals surface area contributed by atoms with Crippen molar-refractivity contribution in [2.75, 3.05) is 13.7 Å². The summed E-state index contributed by atoms with van der Waals surface area (Å²) in [5.74, 6) is 0.907. The summed E-state index contributed by atoms with van der Waals surface area (Å²) < 4.78 is 5.21. The van der Waals surface area contributed by atoms with Crippen molar-refractivity contribution in [3.8, 4) is 0 Å². The standard InChI is InChI=1S/C11H23NO/c1-9-5-4-6-11(7-9)12-8-10(2)13-3/h9-12H,4-8H2,1-3H3. The second-order valence-corrected chi connectivity index (χ2v) is 4.42. The Balaban J connectivity index is 2.13. The molecule has 1 fully saturated rings. The number of methoxy groups -OCH3 is 1. The summed E-state index contributed by atoms with van der Waals surface area (Å²) >= 11 is 0. The largest absolute Gasteiger partial charge is 0.380 e. The predicted molar refractivity (Wildman–Crippen MR) is 55.9 cm³/mol. The van der Waals surface area contributed by atoms with E-state index in [4.69, 9.17) is 4.74 Å². The van der Waals surface area contributed by atoms with Gasteiger partial charge in [-0.3, -0.25) is 0 Å². The summed E-state index contributed by atoms with van der Waals surface area (Å²) in [6.07, 6.45) is 5.84. The predicted octanol–water partition coefficient (Wildman–Crippen LogP) is 2.19. The van der Waals surface area contributed by atoms with Crippen LogP contribution in [0.3, 0.4) is 0 Å². The van der Waals surface area contributed by atoms with Gasteiger partial charge in [0, 0.05) is 19.7 Å². The molecule has 0 amide bonds. The van der Waals surface area contributed by atoms with Gasteiger partial charge >= 0.3 is 0 Å². The molecule has 2 nitrogen and oxygen atoms in total. The Bertz CT molecular complexity index is 138. The molecule has 0 saturated heterocycles. The fourth-order valence-corrected chi connectivity index (χ4v) is 2.04. The first-order valence-corrected chi connectivity index (χ1v) is 5.48. The molecular formula is C11H23NO. The maximum Gasteiger partial charge on any atom is 0.0667 e. The molecule has 0 aromatic rings. The average Bonchev–Trinajstić information content (AvgIpc) is 2.14. The minimum absolute atomic E-state index is 0.345. The molecule has 78 valence electrons. The molecule has 0 spiro atoms. The van der Waals surface area contributed by atoms with Gasteiger partial charge < -0.3 is 10.1 Å². The molecule has 1 aliphatic rings. The fourth-order valence-electron chi connectivity index (χ4n) is 2.04. The van der Waals surface area contributed by atoms with E-state index in [2.05, 4.69) is 19.2 Å². The van der Waals surface area contributed by atoms with E-state index in [1.165, 1.54) is 25.7 Å². The minimum Gasteiger partial charge on any atom is -0.380 e. The second kappa shape index (κ2) is 5.61. The van der Waals surface area contributed by atoms with Crippen LogP contribution in [-0.4, -0.2) is 25.8 Å². The summed E-state index contributed by atoms with van der Waals surface area (Å²) in [6.45, 7) is 5.46. The molecule has 1 N–H and O–H groups in total. The highest BCUT2D eigenvalue weighted by Crippen LogP contribution is 2.23. The lowest BCUT2D eigenvalue weighted by Crippen LogP contribution is -2.38. The van der Waals surface area contributed by atoms with E-state index >= 15 is 0 Å². The molecule has 0 radical (unpaired) electrons. The lowest BCUT2D eigenvalue weighted by atomic mass is 9.87. The van der Waals surface area contributed by atoms with Crippen LogP contribution in [0, 0.1) is 5.92 Å². The van der Waals surface area contributed by atoms with Gasteiger partial charge in [0.15, 0.2) is 0 Å². The van der Waals surface area contributed by atoms with Gasteiger partial charge in [-0.2, -0.15) is 0 Å². The van der Waals surface area contributed by atoms with Crippen molar-refractivity contribution in [2.24, 2.45) is 5.92 Å². The van der Waals surface area contributed by atoms with E-state index in [1.807, 2.05) is 0 Å². The van der Waals surface area contributed by atoms with Gasteiger partial charge in [0.25, 0.3) is 0 Å². The molecule has 0 aromatic heterocycles. The Kier molecular flexibility index (Phi) is 4.74. The van der Waals surface area contributed by atoms with Gasteiger partial charge in [-0.15, -0.1) is 0 Å². The number of rotatable bonds is 4. The molecule has 1 aliphatic carbocycles. The van der Waals surface area contributed by atoms with Crippen molar-refractivity contribution in [1.82, 2.24) is 5.32 Å². The number of hydrogen-bond acceptors (Lipinski definition) is 2. The van der Waals surface area contributed by atoms with Crippen LogP contribution in [0.5, 0.6) is 0 Å². The molecule has 0 heterocycles. The molecule has 1 rings (SSSR count). The number of ether oxygens (including phenoxy) is 1. The van der Waals surface area contributed by atoms with Gasteiger partial charge in [0.2, 0.25) is 0 Å². The van der Waals surface area contributed by atoms with E-state index in [0.29, 0.717) is 6.10 Å². The number of nitrogens with one attached hydrogen (secondary N) is 1. The minimum atomic E-state index is 0.345. The van der Waals surface area contributed by atoms with Crippen LogP contribution in [0.2, 0.25) is 0 Å². The lowest BCUT2D eigenvalue weighted by molar-refractivity contribution is 0.111. The smallest absolute Gasteiger partial charge is 0.0667 e. The Labute approximate surface area is 82.0 Å². The quantitative estimate of drug-likeness (QED) is 0.725. The van der Waals surface area contributed by atoms with Gasteiger partial charge in [0.05, 0.1) is 6.10 Å². The molecule has 13 heavy (non-hydrogen) atoms. The van der Waals surface area contributed by atoms with Crippen LogP contribution in [0.1, 0.15) is 39.5 Å². The third-order valence-electron chi connectivity index (χ3n) is 3.03. The zero-order valence-electron chi connectivity index (χ0n) is 9.18. The first kappa shape index (κ1) is 11.0. The first-order chi connectivity index (χ1) is 6.22. The average molecular weight is 185 g/mol. The highest BCUT2D eigenvalue weighted by Gasteiger charge is 2.18. The Morgan fingerprint density at radius 2 is 2.23 bits per heavy atom. The van der Waals surface area contributed by atoms with Crippen LogP contribution in [0.15, 0.2) is 0 Å². The van der Waals surface area contributed by atoms with E-state index in [-0.39, 0.29) is 0 Å². The molecule has 3 atom stereocenters. The highest BCUT2D eigenvalue weighted by atomic mass is 16.5. The monoisotopic (exact) mass is 185 g/mol. The Hall–Kier alpha value is -0.0800. The molecule has 0 bridgehead atoms. The fraction of sp³-hybridized carbons (Fsp3) is 1.00. The normalized spacial score (nSPS) is 31.6. The molecule has 0 aliphatic heterocycles. The van der Waals surface area contributed by atoms with Gasteiger partial charge in [-0.25, -0.2) is 0 Å². The van der Waals surface area contributed by atoms with Gasteiger partial charge in [-0.1, -0.05) is 19.8 Å². The van der Waals surface area contributed by atoms with E-state index in [1.54, 1.807) is 7.11 Å². The van der Waals surface area contributed by atoms with Crippen molar-refractivity contribution in [1.29, 1.82) is 0 Å². The van der Waals surface area contributed by atoms with Crippen LogP contribution < -0.4 is 5.32 Å². The Morgan fingerprint density at radius 3 is 2.85 bits per heavy atom. The zero-order valence-corrected chi connectivity index (χ0v) is 9.18. The van der Waals surface area contributed by atoms with Crippen molar-refractivity contribution >= 4 is 0 Å². The van der Waals surface area contributed by atoms with Crippen molar-refractivity contribution < 1.29 is 4.74 Å². The molecule has 3 unspecified atom stereocenters. The van der Waals surface area contributed by atoms with E-state index in [9.17, 15) is 0 Å². The Morgan fingerprint density at radius 1 is 1.46 bits per heavy atom. The van der Waals surface area contributed by atoms with Gasteiger partial charge in [0.1, 0.15) is 0 Å². The highest BCUT2D eigenvalue weighted by molar-refractivity contribution is 4.76. The molecule has 2 heteroatoms. The lowest BCUT2D eigenvalue weighted by Gasteiger charge is -2.28. The third kappa shape index (κ3) is 4.10. The van der Waals surface area contributed by atoms with Gasteiger partial charge in [-0.05, 0) is 25.7 Å². The molecule has 0 aromatic carbocycles. The zero-order chi connectivity index (χ0) is 9.68. The second-order valence-electron chi connectivity index (χ2n) is 4.42. The van der Waals surface area contributed by atoms with E-state index < -0.39 is 0 Å². The molecular weight excluding hydrogens is 162 g/mol. The van der Waals surface area contributed by atoms with Crippen LogP contribution in [0.4, 0.5) is 0 Å². The number of hydrogen-bond donors (Lipinski definition) is 1. The van der Waals surface area contributed by atoms with Crippen LogP contribution in [0.25, 0.3) is 0 Å². The summed E-state index contributed by atoms with van der Waals surface area (Å²) in [5.41, 5.74) is 0. The molecule has 1 saturated carbocycles. The summed E-state index contributed by atoms with van der Waals surface area (Å²) in [6, 6.07) is 0.737. The first-order valence-electron chi connectivity index (χ1n) is 5.48. The third-order valence-corrected chi connectivity index (χ3v) is 3.03. The van der Waals surface area contributed by atoms with Crippen molar-refractivity contribution in [3.05, 3.63) is 0 Å². The SMILES string of the molecule is COC(C)CNC1CCCC(C)C1. The van der Waals surface area contributed by atoms with Crippen LogP contribution in [-0.2, 0) is 4.74 Å². The van der Waals surface area contributed by atoms with Crippen molar-refractivity contribution in [3.63, 3.8) is 0 Å². The topological polar surface area (TPSA) is 21.3 Å². The van der Waals surface area contributed by atoms with E-state index in [0.717, 1.165) is 18.5 Å². The maximum absolute atomic E-state index is 5.21. The maximum atomic E-state index is 5.21. The summed E-state index contributed by atoms with van der Waals surface area (Å²) in [5, 5.41) is 3.58. The van der Waals surface area contributed by atoms with Crippen molar-refractivity contribution in [2.45, 2.75) is 51.7 Å². The summed E-state index contributed by atoms with van der Waals surface area (Å²) in [4.78, 5) is 0.